The molecule has 3 nitrogen and oxygen atoms in total. The summed E-state index contributed by atoms with van der Waals surface area (Å²) in [5.74, 6) is -0.611. The minimum atomic E-state index is -4.82. The van der Waals surface area contributed by atoms with Crippen LogP contribution in [0, 0.1) is 3.57 Å². The molecule has 1 rings (SSSR count). The van der Waals surface area contributed by atoms with Crippen molar-refractivity contribution in [2.24, 2.45) is 0 Å². The summed E-state index contributed by atoms with van der Waals surface area (Å²) in [7, 11) is 0. The Morgan fingerprint density at radius 1 is 1.56 bits per heavy atom. The molecule has 0 bridgehead atoms. The van der Waals surface area contributed by atoms with Gasteiger partial charge in [0.2, 0.25) is 5.88 Å². The molecule has 1 aromatic heterocycles. The van der Waals surface area contributed by atoms with Gasteiger partial charge in [0, 0.05) is 5.33 Å². The molecular formula is C8H4BrF3INO2. The summed E-state index contributed by atoms with van der Waals surface area (Å²) in [4.78, 5) is 14.1. The first-order valence-electron chi connectivity index (χ1n) is 3.83. The second-order valence-electron chi connectivity index (χ2n) is 2.62. The molecule has 0 unspecified atom stereocenters. The second-order valence-corrected chi connectivity index (χ2v) is 4.34. The number of hydrogen-bond donors (Lipinski definition) is 0. The lowest BCUT2D eigenvalue weighted by Gasteiger charge is -2.11. The first-order chi connectivity index (χ1) is 7.37. The van der Waals surface area contributed by atoms with Gasteiger partial charge in [-0.3, -0.25) is 4.79 Å². The molecule has 8 heteroatoms. The highest BCUT2D eigenvalue weighted by atomic mass is 127. The molecule has 0 radical (unpaired) electrons. The van der Waals surface area contributed by atoms with Gasteiger partial charge in [0.25, 0.3) is 0 Å². The third-order valence-corrected chi connectivity index (χ3v) is 2.90. The van der Waals surface area contributed by atoms with Gasteiger partial charge in [0.1, 0.15) is 5.69 Å². The van der Waals surface area contributed by atoms with E-state index in [1.807, 2.05) is 0 Å². The van der Waals surface area contributed by atoms with Gasteiger partial charge in [-0.2, -0.15) is 0 Å². The van der Waals surface area contributed by atoms with Gasteiger partial charge in [-0.15, -0.1) is 13.2 Å². The van der Waals surface area contributed by atoms with Gasteiger partial charge < -0.3 is 4.74 Å². The summed E-state index contributed by atoms with van der Waals surface area (Å²) in [5, 5.41) is 0.330. The van der Waals surface area contributed by atoms with E-state index in [1.165, 1.54) is 6.07 Å². The fourth-order valence-corrected chi connectivity index (χ4v) is 1.97. The van der Waals surface area contributed by atoms with Gasteiger partial charge in [0.05, 0.1) is 3.57 Å². The maximum absolute atomic E-state index is 12.0. The summed E-state index contributed by atoms with van der Waals surface area (Å²) in [6.45, 7) is 0. The Bertz CT molecular complexity index is 411. The maximum Gasteiger partial charge on any atom is 0.574 e. The Kier molecular flexibility index (Phi) is 4.53. The van der Waals surface area contributed by atoms with Gasteiger partial charge >= 0.3 is 6.36 Å². The normalized spacial score (nSPS) is 11.3. The van der Waals surface area contributed by atoms with E-state index in [9.17, 15) is 18.0 Å². The zero-order valence-corrected chi connectivity index (χ0v) is 11.3. The standard InChI is InChI=1S/C8H4BrF3INO2/c9-2-4-1-5(13)7(14-6(4)3-15)16-8(10,11)12/h1,3H,2H2. The lowest BCUT2D eigenvalue weighted by atomic mass is 10.2. The largest absolute Gasteiger partial charge is 0.574 e. The lowest BCUT2D eigenvalue weighted by Crippen LogP contribution is -2.19. The fraction of sp³-hybridized carbons (Fsp3) is 0.250. The molecule has 16 heavy (non-hydrogen) atoms. The van der Waals surface area contributed by atoms with Crippen LogP contribution in [-0.2, 0) is 5.33 Å². The van der Waals surface area contributed by atoms with Gasteiger partial charge in [-0.1, -0.05) is 15.9 Å². The molecule has 0 N–H and O–H groups in total. The molecule has 0 aliphatic carbocycles. The Hall–Kier alpha value is -0.380. The molecule has 0 aromatic carbocycles. The van der Waals surface area contributed by atoms with Crippen molar-refractivity contribution in [3.63, 3.8) is 0 Å². The Balaban J connectivity index is 3.16. The Morgan fingerprint density at radius 2 is 2.19 bits per heavy atom. The van der Waals surface area contributed by atoms with Crippen LogP contribution in [-0.4, -0.2) is 17.6 Å². The number of rotatable bonds is 3. The summed E-state index contributed by atoms with van der Waals surface area (Å²) in [5.41, 5.74) is 0.436. The van der Waals surface area contributed by atoms with Crippen LogP contribution in [0.25, 0.3) is 0 Å². The number of nitrogens with zero attached hydrogens (tertiary/aromatic N) is 1. The summed E-state index contributed by atoms with van der Waals surface area (Å²) >= 11 is 4.76. The van der Waals surface area contributed by atoms with Gasteiger partial charge in [0.15, 0.2) is 6.29 Å². The molecule has 0 saturated carbocycles. The zero-order chi connectivity index (χ0) is 12.3. The molecule has 0 fully saturated rings. The van der Waals surface area contributed by atoms with Gasteiger partial charge in [-0.25, -0.2) is 4.98 Å². The van der Waals surface area contributed by atoms with E-state index >= 15 is 0 Å². The third-order valence-electron chi connectivity index (χ3n) is 1.52. The molecule has 0 aliphatic heterocycles. The van der Waals surface area contributed by atoms with Crippen LogP contribution in [0.1, 0.15) is 16.1 Å². The van der Waals surface area contributed by atoms with Crippen LogP contribution in [0.5, 0.6) is 5.88 Å². The minimum Gasteiger partial charge on any atom is -0.387 e. The van der Waals surface area contributed by atoms with Crippen molar-refractivity contribution in [3.05, 3.63) is 20.9 Å². The predicted octanol–water partition coefficient (Wildman–Crippen LogP) is 3.29. The van der Waals surface area contributed by atoms with E-state index < -0.39 is 12.2 Å². The summed E-state index contributed by atoms with van der Waals surface area (Å²) < 4.78 is 39.8. The molecule has 1 heterocycles. The highest BCUT2D eigenvalue weighted by Crippen LogP contribution is 2.27. The van der Waals surface area contributed by atoms with Crippen molar-refractivity contribution < 1.29 is 22.7 Å². The minimum absolute atomic E-state index is 0.0726. The van der Waals surface area contributed by atoms with Crippen LogP contribution in [0.2, 0.25) is 0 Å². The van der Waals surface area contributed by atoms with E-state index in [0.717, 1.165) is 0 Å². The average Bonchev–Trinajstić information content (AvgIpc) is 2.18. The van der Waals surface area contributed by atoms with Crippen LogP contribution in [0.4, 0.5) is 13.2 Å². The van der Waals surface area contributed by atoms with E-state index in [-0.39, 0.29) is 9.26 Å². The van der Waals surface area contributed by atoms with Crippen LogP contribution < -0.4 is 4.74 Å². The smallest absolute Gasteiger partial charge is 0.387 e. The Morgan fingerprint density at radius 3 is 2.62 bits per heavy atom. The molecule has 0 aliphatic rings. The SMILES string of the molecule is O=Cc1nc(OC(F)(F)F)c(I)cc1CBr. The van der Waals surface area contributed by atoms with Crippen molar-refractivity contribution >= 4 is 44.8 Å². The Labute approximate surface area is 111 Å². The average molecular weight is 410 g/mol. The molecule has 0 saturated heterocycles. The number of halogens is 5. The number of carbonyl (C=O) groups is 1. The molecule has 88 valence electrons. The fourth-order valence-electron chi connectivity index (χ4n) is 0.914. The van der Waals surface area contributed by atoms with E-state index in [4.69, 9.17) is 0 Å². The number of carbonyl (C=O) groups excluding carboxylic acids is 1. The quantitative estimate of drug-likeness (QED) is 0.437. The number of ether oxygens (including phenoxy) is 1. The van der Waals surface area contributed by atoms with Crippen molar-refractivity contribution in [1.82, 2.24) is 4.98 Å². The van der Waals surface area contributed by atoms with Crippen molar-refractivity contribution in [2.75, 3.05) is 0 Å². The summed E-state index contributed by atoms with van der Waals surface area (Å²) in [6, 6.07) is 1.41. The van der Waals surface area contributed by atoms with E-state index in [0.29, 0.717) is 17.2 Å². The topological polar surface area (TPSA) is 39.2 Å². The zero-order valence-electron chi connectivity index (χ0n) is 7.52. The molecule has 1 aromatic rings. The maximum atomic E-state index is 12.0. The highest BCUT2D eigenvalue weighted by Gasteiger charge is 2.33. The number of alkyl halides is 4. The first kappa shape index (κ1) is 13.7. The monoisotopic (exact) mass is 409 g/mol. The van der Waals surface area contributed by atoms with Gasteiger partial charge in [-0.05, 0) is 34.2 Å². The number of aromatic nitrogens is 1. The van der Waals surface area contributed by atoms with Crippen molar-refractivity contribution in [3.8, 4) is 5.88 Å². The van der Waals surface area contributed by atoms with Crippen LogP contribution in [0.15, 0.2) is 6.07 Å². The lowest BCUT2D eigenvalue weighted by molar-refractivity contribution is -0.276. The molecule has 0 amide bonds. The third kappa shape index (κ3) is 3.58. The van der Waals surface area contributed by atoms with Crippen molar-refractivity contribution in [1.29, 1.82) is 0 Å². The molecule has 0 spiro atoms. The molecule has 0 atom stereocenters. The molecular weight excluding hydrogens is 406 g/mol. The van der Waals surface area contributed by atoms with Crippen molar-refractivity contribution in [2.45, 2.75) is 11.7 Å². The van der Waals surface area contributed by atoms with E-state index in [1.54, 1.807) is 22.6 Å². The number of hydrogen-bond acceptors (Lipinski definition) is 3. The van der Waals surface area contributed by atoms with Crippen LogP contribution >= 0.6 is 38.5 Å². The van der Waals surface area contributed by atoms with E-state index in [2.05, 4.69) is 25.7 Å². The second kappa shape index (κ2) is 5.30. The number of pyridine rings is 1. The number of aldehydes is 1. The first-order valence-corrected chi connectivity index (χ1v) is 6.03. The summed E-state index contributed by atoms with van der Waals surface area (Å²) in [6.07, 6.45) is -4.43. The predicted molar refractivity (Wildman–Crippen MR) is 61.7 cm³/mol. The van der Waals surface area contributed by atoms with Crippen LogP contribution in [0.3, 0.4) is 0 Å². The highest BCUT2D eigenvalue weighted by molar-refractivity contribution is 14.1.